The number of fused-ring (bicyclic) bond motifs is 1. The molecule has 4 rings (SSSR count). The van der Waals surface area contributed by atoms with Crippen LogP contribution in [0.15, 0.2) is 46.3 Å². The van der Waals surface area contributed by atoms with Gasteiger partial charge >= 0.3 is 0 Å². The summed E-state index contributed by atoms with van der Waals surface area (Å²) < 4.78 is 3.11. The molecule has 5 heteroatoms. The van der Waals surface area contributed by atoms with Gasteiger partial charge in [-0.15, -0.1) is 11.3 Å². The average Bonchev–Trinajstić information content (AvgIpc) is 3.10. The van der Waals surface area contributed by atoms with Gasteiger partial charge in [0.2, 0.25) is 0 Å². The summed E-state index contributed by atoms with van der Waals surface area (Å²) in [5.41, 5.74) is 3.54. The molecule has 0 radical (unpaired) electrons. The van der Waals surface area contributed by atoms with E-state index in [-0.39, 0.29) is 0 Å². The Kier molecular flexibility index (Phi) is 3.76. The van der Waals surface area contributed by atoms with Gasteiger partial charge in [0.15, 0.2) is 0 Å². The van der Waals surface area contributed by atoms with Crippen LogP contribution in [0.5, 0.6) is 0 Å². The minimum atomic E-state index is 1.01. The lowest BCUT2D eigenvalue weighted by molar-refractivity contribution is 0.780. The topological polar surface area (TPSA) is 29.9 Å². The van der Waals surface area contributed by atoms with Gasteiger partial charge in [0.05, 0.1) is 10.6 Å². The first-order valence-electron chi connectivity index (χ1n) is 7.49. The van der Waals surface area contributed by atoms with Crippen LogP contribution in [0.2, 0.25) is 0 Å². The Morgan fingerprint density at radius 3 is 2.86 bits per heavy atom. The molecule has 3 nitrogen and oxygen atoms in total. The molecule has 112 valence electrons. The summed E-state index contributed by atoms with van der Waals surface area (Å²) in [6.07, 6.45) is 3.49. The molecule has 0 atom stereocenters. The van der Waals surface area contributed by atoms with E-state index in [0.29, 0.717) is 0 Å². The zero-order valence-corrected chi connectivity index (χ0v) is 14.5. The second kappa shape index (κ2) is 5.89. The number of rotatable bonds is 2. The molecule has 0 bridgehead atoms. The van der Waals surface area contributed by atoms with Crippen LogP contribution in [0, 0.1) is 0 Å². The molecular formula is C17H16BrN3S. The van der Waals surface area contributed by atoms with Crippen molar-refractivity contribution in [2.75, 3.05) is 11.9 Å². The molecule has 1 aliphatic rings. The van der Waals surface area contributed by atoms with Gasteiger partial charge in [0.1, 0.15) is 11.5 Å². The number of halogens is 1. The number of hydrogen-bond donors (Lipinski definition) is 1. The molecule has 0 spiro atoms. The molecular weight excluding hydrogens is 358 g/mol. The number of hydrogen-bond acceptors (Lipinski definition) is 3. The summed E-state index contributed by atoms with van der Waals surface area (Å²) >= 11 is 5.41. The van der Waals surface area contributed by atoms with Crippen molar-refractivity contribution >= 4 is 33.1 Å². The Balaban J connectivity index is 1.94. The van der Waals surface area contributed by atoms with E-state index in [1.807, 2.05) is 6.07 Å². The third kappa shape index (κ3) is 2.38. The van der Waals surface area contributed by atoms with Gasteiger partial charge in [-0.2, -0.15) is 5.10 Å². The van der Waals surface area contributed by atoms with Crippen LogP contribution in [0.3, 0.4) is 0 Å². The van der Waals surface area contributed by atoms with Crippen LogP contribution in [0.25, 0.3) is 16.3 Å². The van der Waals surface area contributed by atoms with Crippen molar-refractivity contribution in [2.24, 2.45) is 0 Å². The van der Waals surface area contributed by atoms with Crippen molar-refractivity contribution in [1.82, 2.24) is 9.78 Å². The maximum absolute atomic E-state index is 4.94. The van der Waals surface area contributed by atoms with E-state index in [0.717, 1.165) is 34.6 Å². The van der Waals surface area contributed by atoms with Crippen LogP contribution < -0.4 is 5.32 Å². The van der Waals surface area contributed by atoms with Crippen LogP contribution in [-0.4, -0.2) is 16.3 Å². The highest BCUT2D eigenvalue weighted by Gasteiger charge is 2.22. The van der Waals surface area contributed by atoms with Crippen LogP contribution >= 0.6 is 27.3 Å². The van der Waals surface area contributed by atoms with Crippen molar-refractivity contribution in [3.05, 3.63) is 51.8 Å². The number of para-hydroxylation sites is 1. The molecule has 0 amide bonds. The third-order valence-corrected chi connectivity index (χ3v) is 5.51. The monoisotopic (exact) mass is 373 g/mol. The quantitative estimate of drug-likeness (QED) is 0.676. The molecule has 22 heavy (non-hydrogen) atoms. The minimum absolute atomic E-state index is 1.01. The van der Waals surface area contributed by atoms with Gasteiger partial charge in [-0.3, -0.25) is 0 Å². The molecule has 0 aliphatic carbocycles. The average molecular weight is 374 g/mol. The summed E-state index contributed by atoms with van der Waals surface area (Å²) in [5.74, 6) is 1.15. The van der Waals surface area contributed by atoms with E-state index in [1.54, 1.807) is 11.3 Å². The fourth-order valence-corrected chi connectivity index (χ4v) is 4.10. The highest BCUT2D eigenvalue weighted by Crippen LogP contribution is 2.36. The molecule has 3 heterocycles. The summed E-state index contributed by atoms with van der Waals surface area (Å²) in [6, 6.07) is 12.5. The predicted molar refractivity (Wildman–Crippen MR) is 96.0 cm³/mol. The van der Waals surface area contributed by atoms with Crippen LogP contribution in [-0.2, 0) is 6.42 Å². The first-order chi connectivity index (χ1) is 10.8. The maximum atomic E-state index is 4.94. The molecule has 1 aliphatic heterocycles. The third-order valence-electron chi connectivity index (χ3n) is 3.96. The Bertz CT molecular complexity index is 792. The number of benzene rings is 1. The van der Waals surface area contributed by atoms with Crippen molar-refractivity contribution in [3.8, 4) is 16.3 Å². The van der Waals surface area contributed by atoms with E-state index >= 15 is 0 Å². The number of aromatic nitrogens is 2. The molecule has 0 unspecified atom stereocenters. The van der Waals surface area contributed by atoms with E-state index in [1.165, 1.54) is 23.3 Å². The van der Waals surface area contributed by atoms with Crippen molar-refractivity contribution in [1.29, 1.82) is 0 Å². The van der Waals surface area contributed by atoms with Crippen molar-refractivity contribution in [3.63, 3.8) is 0 Å². The number of nitrogens with one attached hydrogen (secondary N) is 1. The lowest BCUT2D eigenvalue weighted by atomic mass is 10.1. The van der Waals surface area contributed by atoms with E-state index in [9.17, 15) is 0 Å². The van der Waals surface area contributed by atoms with Crippen LogP contribution in [0.1, 0.15) is 18.4 Å². The smallest absolute Gasteiger partial charge is 0.133 e. The molecule has 2 aromatic heterocycles. The molecule has 1 N–H and O–H groups in total. The van der Waals surface area contributed by atoms with Gasteiger partial charge in [-0.1, -0.05) is 18.2 Å². The zero-order valence-electron chi connectivity index (χ0n) is 12.1. The van der Waals surface area contributed by atoms with Crippen LogP contribution in [0.4, 0.5) is 5.82 Å². The van der Waals surface area contributed by atoms with Gasteiger partial charge < -0.3 is 5.32 Å². The number of thiophene rings is 1. The fraction of sp³-hybridized carbons (Fsp3) is 0.235. The Hall–Kier alpha value is -1.59. The van der Waals surface area contributed by atoms with Gasteiger partial charge in [0, 0.05) is 16.6 Å². The predicted octanol–water partition coefficient (Wildman–Crippen LogP) is 5.11. The molecule has 0 saturated carbocycles. The summed E-state index contributed by atoms with van der Waals surface area (Å²) in [5, 5.41) is 10.6. The Labute approximate surface area is 142 Å². The minimum Gasteiger partial charge on any atom is -0.370 e. The molecule has 0 fully saturated rings. The normalized spacial score (nSPS) is 14.2. The fourth-order valence-electron chi connectivity index (χ4n) is 2.91. The first-order valence-corrected chi connectivity index (χ1v) is 9.16. The lowest BCUT2D eigenvalue weighted by Gasteiger charge is -2.10. The first kappa shape index (κ1) is 14.0. The maximum Gasteiger partial charge on any atom is 0.133 e. The van der Waals surface area contributed by atoms with Crippen molar-refractivity contribution < 1.29 is 0 Å². The SMILES string of the molecule is Brc1ccccc1-n1nc(-c2cccs2)c2c1NCCCC2. The zero-order chi connectivity index (χ0) is 14.9. The summed E-state index contributed by atoms with van der Waals surface area (Å²) in [7, 11) is 0. The van der Waals surface area contributed by atoms with E-state index < -0.39 is 0 Å². The second-order valence-corrected chi connectivity index (χ2v) is 7.20. The largest absolute Gasteiger partial charge is 0.370 e. The summed E-state index contributed by atoms with van der Waals surface area (Å²) in [6.45, 7) is 1.01. The van der Waals surface area contributed by atoms with Gasteiger partial charge in [0.25, 0.3) is 0 Å². The Morgan fingerprint density at radius 2 is 2.05 bits per heavy atom. The molecule has 1 aromatic carbocycles. The molecule has 0 saturated heterocycles. The lowest BCUT2D eigenvalue weighted by Crippen LogP contribution is -2.07. The highest BCUT2D eigenvalue weighted by atomic mass is 79.9. The summed E-state index contributed by atoms with van der Waals surface area (Å²) in [4.78, 5) is 1.24. The van der Waals surface area contributed by atoms with Gasteiger partial charge in [-0.05, 0) is 58.8 Å². The standard InChI is InChI=1S/C17H16BrN3S/c18-13-7-1-2-8-14(13)21-17-12(6-3-4-10-19-17)16(20-21)15-9-5-11-22-15/h1-2,5,7-9,11,19H,3-4,6,10H2. The molecule has 3 aromatic rings. The van der Waals surface area contributed by atoms with E-state index in [2.05, 4.69) is 61.6 Å². The van der Waals surface area contributed by atoms with E-state index in [4.69, 9.17) is 5.10 Å². The Morgan fingerprint density at radius 1 is 1.14 bits per heavy atom. The van der Waals surface area contributed by atoms with Gasteiger partial charge in [-0.25, -0.2) is 4.68 Å². The number of nitrogens with zero attached hydrogens (tertiary/aromatic N) is 2. The highest BCUT2D eigenvalue weighted by molar-refractivity contribution is 9.10. The van der Waals surface area contributed by atoms with Crippen molar-refractivity contribution in [2.45, 2.75) is 19.3 Å². The number of anilines is 1. The second-order valence-electron chi connectivity index (χ2n) is 5.40.